The van der Waals surface area contributed by atoms with Crippen molar-refractivity contribution < 1.29 is 0 Å². The third-order valence-corrected chi connectivity index (χ3v) is 3.90. The van der Waals surface area contributed by atoms with Crippen LogP contribution in [0.15, 0.2) is 34.8 Å². The van der Waals surface area contributed by atoms with E-state index in [9.17, 15) is 0 Å². The number of benzene rings is 2. The van der Waals surface area contributed by atoms with Gasteiger partial charge in [-0.3, -0.25) is 0 Å². The number of anilines is 1. The molecule has 2 aromatic carbocycles. The SMILES string of the molecule is Cc1cc(Br)c2nc(-c3ccc(Cl)c(N)c3)[nH]c2c1. The van der Waals surface area contributed by atoms with Crippen LogP contribution in [-0.4, -0.2) is 9.97 Å². The van der Waals surface area contributed by atoms with Crippen molar-refractivity contribution in [1.82, 2.24) is 9.97 Å². The van der Waals surface area contributed by atoms with E-state index in [1.54, 1.807) is 6.07 Å². The predicted octanol–water partition coefficient (Wildman–Crippen LogP) is 4.54. The van der Waals surface area contributed by atoms with Gasteiger partial charge in [0.25, 0.3) is 0 Å². The number of aryl methyl sites for hydroxylation is 1. The number of aromatic nitrogens is 2. The Bertz CT molecular complexity index is 780. The Kier molecular flexibility index (Phi) is 2.99. The van der Waals surface area contributed by atoms with Crippen molar-refractivity contribution in [3.63, 3.8) is 0 Å². The van der Waals surface area contributed by atoms with Gasteiger partial charge in [-0.25, -0.2) is 4.98 Å². The van der Waals surface area contributed by atoms with Gasteiger partial charge in [-0.2, -0.15) is 0 Å². The Morgan fingerprint density at radius 1 is 1.26 bits per heavy atom. The van der Waals surface area contributed by atoms with Gasteiger partial charge in [0, 0.05) is 10.0 Å². The summed E-state index contributed by atoms with van der Waals surface area (Å²) in [6.45, 7) is 2.05. The van der Waals surface area contributed by atoms with E-state index in [1.165, 1.54) is 5.56 Å². The molecule has 5 heteroatoms. The van der Waals surface area contributed by atoms with Gasteiger partial charge in [-0.1, -0.05) is 11.6 Å². The van der Waals surface area contributed by atoms with Crippen molar-refractivity contribution in [3.8, 4) is 11.4 Å². The normalized spacial score (nSPS) is 11.1. The second-order valence-electron chi connectivity index (χ2n) is 4.46. The third kappa shape index (κ3) is 2.22. The molecular formula is C14H11BrClN3. The van der Waals surface area contributed by atoms with Crippen molar-refractivity contribution in [2.45, 2.75) is 6.92 Å². The first-order valence-electron chi connectivity index (χ1n) is 5.76. The van der Waals surface area contributed by atoms with Crippen LogP contribution in [0.2, 0.25) is 5.02 Å². The minimum atomic E-state index is 0.551. The van der Waals surface area contributed by atoms with Gasteiger partial charge in [-0.15, -0.1) is 0 Å². The average Bonchev–Trinajstić information content (AvgIpc) is 2.76. The maximum absolute atomic E-state index is 5.93. The molecule has 0 saturated heterocycles. The predicted molar refractivity (Wildman–Crippen MR) is 83.4 cm³/mol. The molecule has 19 heavy (non-hydrogen) atoms. The number of nitrogen functional groups attached to an aromatic ring is 1. The standard InChI is InChI=1S/C14H11BrClN3/c1-7-4-9(15)13-12(5-7)18-14(19-13)8-2-3-10(16)11(17)6-8/h2-6H,17H2,1H3,(H,18,19). The van der Waals surface area contributed by atoms with Crippen LogP contribution < -0.4 is 5.73 Å². The van der Waals surface area contributed by atoms with Crippen molar-refractivity contribution in [2.75, 3.05) is 5.73 Å². The summed E-state index contributed by atoms with van der Waals surface area (Å²) in [6, 6.07) is 9.61. The van der Waals surface area contributed by atoms with Crippen LogP contribution in [0.1, 0.15) is 5.56 Å². The summed E-state index contributed by atoms with van der Waals surface area (Å²) in [5.74, 6) is 0.782. The number of hydrogen-bond acceptors (Lipinski definition) is 2. The van der Waals surface area contributed by atoms with E-state index in [1.807, 2.05) is 25.1 Å². The minimum Gasteiger partial charge on any atom is -0.398 e. The van der Waals surface area contributed by atoms with Gasteiger partial charge >= 0.3 is 0 Å². The molecule has 0 amide bonds. The Labute approximate surface area is 123 Å². The number of H-pyrrole nitrogens is 1. The smallest absolute Gasteiger partial charge is 0.138 e. The maximum atomic E-state index is 5.93. The fourth-order valence-corrected chi connectivity index (χ4v) is 2.82. The van der Waals surface area contributed by atoms with E-state index in [0.717, 1.165) is 26.9 Å². The summed E-state index contributed by atoms with van der Waals surface area (Å²) < 4.78 is 0.979. The van der Waals surface area contributed by atoms with Crippen LogP contribution in [0, 0.1) is 6.92 Å². The zero-order chi connectivity index (χ0) is 13.6. The number of nitrogens with two attached hydrogens (primary N) is 1. The quantitative estimate of drug-likeness (QED) is 0.641. The Balaban J connectivity index is 2.20. The fourth-order valence-electron chi connectivity index (χ4n) is 2.04. The van der Waals surface area contributed by atoms with E-state index in [-0.39, 0.29) is 0 Å². The number of hydrogen-bond donors (Lipinski definition) is 2. The maximum Gasteiger partial charge on any atom is 0.138 e. The molecule has 0 spiro atoms. The molecular weight excluding hydrogens is 326 g/mol. The lowest BCUT2D eigenvalue weighted by atomic mass is 10.2. The van der Waals surface area contributed by atoms with E-state index < -0.39 is 0 Å². The lowest BCUT2D eigenvalue weighted by molar-refractivity contribution is 1.33. The summed E-state index contributed by atoms with van der Waals surface area (Å²) >= 11 is 9.46. The first kappa shape index (κ1) is 12.5. The Morgan fingerprint density at radius 2 is 2.05 bits per heavy atom. The number of fused-ring (bicyclic) bond motifs is 1. The molecule has 0 saturated carbocycles. The molecule has 96 valence electrons. The highest BCUT2D eigenvalue weighted by Crippen LogP contribution is 2.29. The number of halogens is 2. The van der Waals surface area contributed by atoms with Crippen molar-refractivity contribution in [3.05, 3.63) is 45.4 Å². The third-order valence-electron chi connectivity index (χ3n) is 2.95. The molecule has 0 radical (unpaired) electrons. The average molecular weight is 337 g/mol. The van der Waals surface area contributed by atoms with Gasteiger partial charge in [0.05, 0.1) is 16.2 Å². The van der Waals surface area contributed by atoms with E-state index in [4.69, 9.17) is 17.3 Å². The molecule has 3 aromatic rings. The number of nitrogens with one attached hydrogen (secondary N) is 1. The van der Waals surface area contributed by atoms with Gasteiger partial charge < -0.3 is 10.7 Å². The first-order valence-corrected chi connectivity index (χ1v) is 6.93. The molecule has 0 aliphatic heterocycles. The van der Waals surface area contributed by atoms with Gasteiger partial charge in [0.15, 0.2) is 0 Å². The summed E-state index contributed by atoms with van der Waals surface area (Å²) in [5.41, 5.74) is 10.4. The number of nitrogens with zero attached hydrogens (tertiary/aromatic N) is 1. The van der Waals surface area contributed by atoms with Crippen LogP contribution in [0.5, 0.6) is 0 Å². The van der Waals surface area contributed by atoms with Crippen LogP contribution >= 0.6 is 27.5 Å². The van der Waals surface area contributed by atoms with Crippen LogP contribution in [-0.2, 0) is 0 Å². The van der Waals surface area contributed by atoms with Crippen LogP contribution in [0.4, 0.5) is 5.69 Å². The van der Waals surface area contributed by atoms with Gasteiger partial charge in [0.2, 0.25) is 0 Å². The zero-order valence-corrected chi connectivity index (χ0v) is 12.5. The van der Waals surface area contributed by atoms with E-state index >= 15 is 0 Å². The molecule has 3 nitrogen and oxygen atoms in total. The molecule has 3 N–H and O–H groups in total. The van der Waals surface area contributed by atoms with Crippen molar-refractivity contribution >= 4 is 44.3 Å². The van der Waals surface area contributed by atoms with E-state index in [0.29, 0.717) is 10.7 Å². The van der Waals surface area contributed by atoms with Crippen molar-refractivity contribution in [2.24, 2.45) is 0 Å². The number of rotatable bonds is 1. The minimum absolute atomic E-state index is 0.551. The van der Waals surface area contributed by atoms with Crippen molar-refractivity contribution in [1.29, 1.82) is 0 Å². The molecule has 0 aliphatic rings. The molecule has 3 rings (SSSR count). The lowest BCUT2D eigenvalue weighted by Crippen LogP contribution is -1.88. The lowest BCUT2D eigenvalue weighted by Gasteiger charge is -2.00. The topological polar surface area (TPSA) is 54.7 Å². The summed E-state index contributed by atoms with van der Waals surface area (Å²) in [6.07, 6.45) is 0. The summed E-state index contributed by atoms with van der Waals surface area (Å²) in [4.78, 5) is 7.89. The number of imidazole rings is 1. The summed E-state index contributed by atoms with van der Waals surface area (Å²) in [7, 11) is 0. The molecule has 0 fully saturated rings. The van der Waals surface area contributed by atoms with E-state index in [2.05, 4.69) is 32.0 Å². The molecule has 1 aromatic heterocycles. The second kappa shape index (κ2) is 4.54. The summed E-state index contributed by atoms with van der Waals surface area (Å²) in [5, 5.41) is 0.553. The highest BCUT2D eigenvalue weighted by atomic mass is 79.9. The monoisotopic (exact) mass is 335 g/mol. The van der Waals surface area contributed by atoms with Gasteiger partial charge in [0.1, 0.15) is 11.3 Å². The highest BCUT2D eigenvalue weighted by Gasteiger charge is 2.09. The van der Waals surface area contributed by atoms with Gasteiger partial charge in [-0.05, 0) is 58.7 Å². The molecule has 0 aliphatic carbocycles. The number of aromatic amines is 1. The van der Waals surface area contributed by atoms with Crippen LogP contribution in [0.3, 0.4) is 0 Å². The molecule has 0 unspecified atom stereocenters. The second-order valence-corrected chi connectivity index (χ2v) is 5.73. The molecule has 0 bridgehead atoms. The highest BCUT2D eigenvalue weighted by molar-refractivity contribution is 9.10. The fraction of sp³-hybridized carbons (Fsp3) is 0.0714. The molecule has 1 heterocycles. The Morgan fingerprint density at radius 3 is 2.79 bits per heavy atom. The largest absolute Gasteiger partial charge is 0.398 e. The van der Waals surface area contributed by atoms with Crippen LogP contribution in [0.25, 0.3) is 22.4 Å². The molecule has 0 atom stereocenters. The first-order chi connectivity index (χ1) is 9.04. The zero-order valence-electron chi connectivity index (χ0n) is 10.2. The Hall–Kier alpha value is -1.52.